The summed E-state index contributed by atoms with van der Waals surface area (Å²) < 4.78 is 0. The van der Waals surface area contributed by atoms with Crippen molar-refractivity contribution in [1.82, 2.24) is 5.43 Å². The molecule has 0 aliphatic heterocycles. The molecule has 1 atom stereocenters. The number of amides is 1. The molecule has 2 aromatic rings. The van der Waals surface area contributed by atoms with Crippen LogP contribution in [0.15, 0.2) is 59.7 Å². The molecule has 0 heterocycles. The highest BCUT2D eigenvalue weighted by Crippen LogP contribution is 2.18. The van der Waals surface area contributed by atoms with Crippen LogP contribution in [0.3, 0.4) is 0 Å². The van der Waals surface area contributed by atoms with Crippen molar-refractivity contribution in [2.24, 2.45) is 5.10 Å². The molecule has 0 radical (unpaired) electrons. The van der Waals surface area contributed by atoms with Crippen molar-refractivity contribution in [3.05, 3.63) is 65.7 Å². The zero-order valence-corrected chi connectivity index (χ0v) is 14.0. The number of hydrazone groups is 1. The van der Waals surface area contributed by atoms with E-state index in [0.29, 0.717) is 11.3 Å². The highest BCUT2D eigenvalue weighted by atomic mass is 32.2. The minimum Gasteiger partial charge on any atom is -0.507 e. The molecule has 5 heteroatoms. The Labute approximate surface area is 140 Å². The minimum absolute atomic E-state index is 0.148. The first-order chi connectivity index (χ1) is 11.1. The lowest BCUT2D eigenvalue weighted by Gasteiger charge is -2.10. The van der Waals surface area contributed by atoms with E-state index in [-0.39, 0.29) is 16.9 Å². The van der Waals surface area contributed by atoms with Crippen LogP contribution in [-0.2, 0) is 10.5 Å². The van der Waals surface area contributed by atoms with E-state index in [1.54, 1.807) is 36.9 Å². The van der Waals surface area contributed by atoms with Gasteiger partial charge in [-0.15, -0.1) is 11.8 Å². The van der Waals surface area contributed by atoms with E-state index < -0.39 is 0 Å². The predicted molar refractivity (Wildman–Crippen MR) is 95.7 cm³/mol. The maximum atomic E-state index is 12.1. The molecule has 120 valence electrons. The van der Waals surface area contributed by atoms with Crippen molar-refractivity contribution < 1.29 is 9.90 Å². The highest BCUT2D eigenvalue weighted by molar-refractivity contribution is 7.99. The van der Waals surface area contributed by atoms with E-state index >= 15 is 0 Å². The summed E-state index contributed by atoms with van der Waals surface area (Å²) in [5, 5.41) is 13.6. The third-order valence-electron chi connectivity index (χ3n) is 3.34. The van der Waals surface area contributed by atoms with E-state index in [1.165, 1.54) is 5.56 Å². The van der Waals surface area contributed by atoms with Gasteiger partial charge < -0.3 is 5.11 Å². The lowest BCUT2D eigenvalue weighted by molar-refractivity contribution is -0.120. The number of rotatable bonds is 6. The zero-order valence-electron chi connectivity index (χ0n) is 13.2. The standard InChI is InChI=1S/C18H20N2O2S/c1-13(16-10-6-7-11-17(16)21)19-20-18(22)14(2)23-12-15-8-4-3-5-9-15/h3-11,14,21H,12H2,1-2H3,(H,20,22)/b19-13+/t14-/m0/s1. The Kier molecular flexibility index (Phi) is 6.23. The van der Waals surface area contributed by atoms with Crippen molar-refractivity contribution in [1.29, 1.82) is 0 Å². The van der Waals surface area contributed by atoms with Crippen LogP contribution >= 0.6 is 11.8 Å². The van der Waals surface area contributed by atoms with E-state index in [2.05, 4.69) is 10.5 Å². The molecular weight excluding hydrogens is 308 g/mol. The predicted octanol–water partition coefficient (Wildman–Crippen LogP) is 3.55. The summed E-state index contributed by atoms with van der Waals surface area (Å²) in [6, 6.07) is 16.9. The summed E-state index contributed by atoms with van der Waals surface area (Å²) in [5.74, 6) is 0.771. The van der Waals surface area contributed by atoms with Gasteiger partial charge in [0.15, 0.2) is 0 Å². The molecule has 0 aliphatic carbocycles. The van der Waals surface area contributed by atoms with E-state index in [4.69, 9.17) is 0 Å². The Morgan fingerprint density at radius 1 is 1.17 bits per heavy atom. The van der Waals surface area contributed by atoms with Crippen LogP contribution in [0, 0.1) is 0 Å². The largest absolute Gasteiger partial charge is 0.507 e. The Balaban J connectivity index is 1.88. The fourth-order valence-corrected chi connectivity index (χ4v) is 2.78. The fourth-order valence-electron chi connectivity index (χ4n) is 1.94. The topological polar surface area (TPSA) is 61.7 Å². The highest BCUT2D eigenvalue weighted by Gasteiger charge is 2.13. The van der Waals surface area contributed by atoms with E-state index in [1.807, 2.05) is 43.3 Å². The summed E-state index contributed by atoms with van der Waals surface area (Å²) in [7, 11) is 0. The number of phenols is 1. The summed E-state index contributed by atoms with van der Waals surface area (Å²) in [4.78, 5) is 12.1. The molecule has 0 saturated heterocycles. The van der Waals surface area contributed by atoms with Gasteiger partial charge in [0, 0.05) is 11.3 Å². The van der Waals surface area contributed by atoms with Gasteiger partial charge in [-0.05, 0) is 31.5 Å². The van der Waals surface area contributed by atoms with Crippen LogP contribution < -0.4 is 5.43 Å². The van der Waals surface area contributed by atoms with Crippen LogP contribution in [0.25, 0.3) is 0 Å². The number of carbonyl (C=O) groups excluding carboxylic acids is 1. The third-order valence-corrected chi connectivity index (χ3v) is 4.55. The van der Waals surface area contributed by atoms with Crippen molar-refractivity contribution in [3.63, 3.8) is 0 Å². The van der Waals surface area contributed by atoms with Gasteiger partial charge in [-0.3, -0.25) is 4.79 Å². The summed E-state index contributed by atoms with van der Waals surface area (Å²) >= 11 is 1.56. The maximum Gasteiger partial charge on any atom is 0.252 e. The number of nitrogens with zero attached hydrogens (tertiary/aromatic N) is 1. The first kappa shape index (κ1) is 17.1. The Hall–Kier alpha value is -2.27. The molecular formula is C18H20N2O2S. The number of hydrogen-bond donors (Lipinski definition) is 2. The summed E-state index contributed by atoms with van der Waals surface area (Å²) in [5.41, 5.74) is 4.92. The molecule has 23 heavy (non-hydrogen) atoms. The molecule has 2 rings (SSSR count). The molecule has 0 unspecified atom stereocenters. The van der Waals surface area contributed by atoms with Crippen molar-refractivity contribution in [2.45, 2.75) is 24.9 Å². The van der Waals surface area contributed by atoms with Gasteiger partial charge in [0.05, 0.1) is 11.0 Å². The maximum absolute atomic E-state index is 12.1. The first-order valence-electron chi connectivity index (χ1n) is 7.36. The van der Waals surface area contributed by atoms with Gasteiger partial charge in [0.2, 0.25) is 0 Å². The van der Waals surface area contributed by atoms with Crippen LogP contribution in [0.4, 0.5) is 0 Å². The van der Waals surface area contributed by atoms with Crippen molar-refractivity contribution in [3.8, 4) is 5.75 Å². The van der Waals surface area contributed by atoms with Crippen LogP contribution in [0.1, 0.15) is 25.0 Å². The molecule has 0 saturated carbocycles. The number of para-hydroxylation sites is 1. The van der Waals surface area contributed by atoms with Crippen LogP contribution in [0.2, 0.25) is 0 Å². The third kappa shape index (κ3) is 5.14. The molecule has 0 aromatic heterocycles. The normalized spacial score (nSPS) is 12.7. The molecule has 2 aromatic carbocycles. The number of nitrogens with one attached hydrogen (secondary N) is 1. The van der Waals surface area contributed by atoms with Gasteiger partial charge in [-0.1, -0.05) is 42.5 Å². The van der Waals surface area contributed by atoms with E-state index in [0.717, 1.165) is 5.75 Å². The Bertz CT molecular complexity index is 686. The van der Waals surface area contributed by atoms with Crippen molar-refractivity contribution in [2.75, 3.05) is 0 Å². The van der Waals surface area contributed by atoms with Gasteiger partial charge >= 0.3 is 0 Å². The smallest absolute Gasteiger partial charge is 0.252 e. The van der Waals surface area contributed by atoms with Crippen LogP contribution in [-0.4, -0.2) is 22.0 Å². The zero-order chi connectivity index (χ0) is 16.7. The Morgan fingerprint density at radius 3 is 2.52 bits per heavy atom. The number of thioether (sulfide) groups is 1. The molecule has 2 N–H and O–H groups in total. The van der Waals surface area contributed by atoms with Gasteiger partial charge in [0.25, 0.3) is 5.91 Å². The van der Waals surface area contributed by atoms with Gasteiger partial charge in [0.1, 0.15) is 5.75 Å². The number of hydrogen-bond acceptors (Lipinski definition) is 4. The SMILES string of the molecule is C/C(=N\NC(=O)[C@H](C)SCc1ccccc1)c1ccccc1O. The second-order valence-electron chi connectivity index (χ2n) is 5.13. The average molecular weight is 328 g/mol. The fraction of sp³-hybridized carbons (Fsp3) is 0.222. The molecule has 0 aliphatic rings. The second kappa shape index (κ2) is 8.39. The number of phenolic OH excluding ortho intramolecular Hbond substituents is 1. The quantitative estimate of drug-likeness (QED) is 0.629. The van der Waals surface area contributed by atoms with Crippen LogP contribution in [0.5, 0.6) is 5.75 Å². The number of carbonyl (C=O) groups is 1. The number of benzene rings is 2. The molecule has 0 fully saturated rings. The van der Waals surface area contributed by atoms with Gasteiger partial charge in [-0.2, -0.15) is 5.10 Å². The summed E-state index contributed by atoms with van der Waals surface area (Å²) in [6.07, 6.45) is 0. The molecule has 0 spiro atoms. The average Bonchev–Trinajstić information content (AvgIpc) is 2.58. The molecule has 4 nitrogen and oxygen atoms in total. The van der Waals surface area contributed by atoms with Crippen molar-refractivity contribution >= 4 is 23.4 Å². The van der Waals surface area contributed by atoms with E-state index in [9.17, 15) is 9.90 Å². The second-order valence-corrected chi connectivity index (χ2v) is 6.46. The lowest BCUT2D eigenvalue weighted by Crippen LogP contribution is -2.27. The lowest BCUT2D eigenvalue weighted by atomic mass is 10.1. The molecule has 0 bridgehead atoms. The minimum atomic E-state index is -0.212. The first-order valence-corrected chi connectivity index (χ1v) is 8.41. The Morgan fingerprint density at radius 2 is 1.83 bits per heavy atom. The molecule has 1 amide bonds. The monoisotopic (exact) mass is 328 g/mol. The van der Waals surface area contributed by atoms with Gasteiger partial charge in [-0.25, -0.2) is 5.43 Å². The number of aromatic hydroxyl groups is 1. The summed E-state index contributed by atoms with van der Waals surface area (Å²) in [6.45, 7) is 3.60.